The molecule has 0 spiro atoms. The van der Waals surface area contributed by atoms with E-state index in [0.29, 0.717) is 10.2 Å². The molecule has 0 saturated carbocycles. The maximum absolute atomic E-state index is 13.4. The van der Waals surface area contributed by atoms with Crippen LogP contribution in [0.1, 0.15) is 5.56 Å². The smallest absolute Gasteiger partial charge is 0.128 e. The van der Waals surface area contributed by atoms with Gasteiger partial charge in [0, 0.05) is 22.3 Å². The molecule has 0 heterocycles. The van der Waals surface area contributed by atoms with Crippen LogP contribution in [0.15, 0.2) is 40.9 Å². The van der Waals surface area contributed by atoms with Crippen LogP contribution in [0, 0.1) is 17.5 Å². The molecule has 0 atom stereocenters. The molecule has 18 heavy (non-hydrogen) atoms. The van der Waals surface area contributed by atoms with Gasteiger partial charge in [-0.25, -0.2) is 13.2 Å². The van der Waals surface area contributed by atoms with E-state index in [1.54, 1.807) is 0 Å². The van der Waals surface area contributed by atoms with Crippen molar-refractivity contribution in [1.29, 1.82) is 0 Å². The summed E-state index contributed by atoms with van der Waals surface area (Å²) in [6, 6.07) is 7.37. The fourth-order valence-electron chi connectivity index (χ4n) is 1.50. The molecule has 0 unspecified atom stereocenters. The van der Waals surface area contributed by atoms with E-state index in [0.717, 1.165) is 18.2 Å². The van der Waals surface area contributed by atoms with E-state index in [4.69, 9.17) is 0 Å². The van der Waals surface area contributed by atoms with Crippen molar-refractivity contribution in [2.24, 2.45) is 0 Å². The van der Waals surface area contributed by atoms with Crippen molar-refractivity contribution in [3.63, 3.8) is 0 Å². The third kappa shape index (κ3) is 3.04. The minimum atomic E-state index is -0.494. The van der Waals surface area contributed by atoms with Crippen LogP contribution >= 0.6 is 15.9 Å². The third-order valence-corrected chi connectivity index (χ3v) is 3.06. The maximum atomic E-state index is 13.4. The van der Waals surface area contributed by atoms with Gasteiger partial charge in [-0.2, -0.15) is 0 Å². The van der Waals surface area contributed by atoms with Crippen LogP contribution in [0.25, 0.3) is 0 Å². The summed E-state index contributed by atoms with van der Waals surface area (Å²) in [6.07, 6.45) is 0. The highest BCUT2D eigenvalue weighted by atomic mass is 79.9. The number of nitrogens with one attached hydrogen (secondary N) is 1. The molecular formula is C13H9BrF3N. The van der Waals surface area contributed by atoms with Crippen LogP contribution in [0.3, 0.4) is 0 Å². The van der Waals surface area contributed by atoms with E-state index >= 15 is 0 Å². The molecule has 5 heteroatoms. The van der Waals surface area contributed by atoms with Gasteiger partial charge in [-0.1, -0.05) is 0 Å². The third-order valence-electron chi connectivity index (χ3n) is 2.41. The summed E-state index contributed by atoms with van der Waals surface area (Å²) < 4.78 is 39.7. The topological polar surface area (TPSA) is 12.0 Å². The van der Waals surface area contributed by atoms with Crippen LogP contribution in [-0.2, 0) is 6.54 Å². The zero-order valence-electron chi connectivity index (χ0n) is 9.18. The summed E-state index contributed by atoms with van der Waals surface area (Å²) in [4.78, 5) is 0. The second kappa shape index (κ2) is 5.44. The molecule has 0 radical (unpaired) electrons. The van der Waals surface area contributed by atoms with Crippen molar-refractivity contribution < 1.29 is 13.2 Å². The molecular weight excluding hydrogens is 307 g/mol. The molecule has 2 aromatic carbocycles. The van der Waals surface area contributed by atoms with Gasteiger partial charge >= 0.3 is 0 Å². The maximum Gasteiger partial charge on any atom is 0.128 e. The number of anilines is 1. The van der Waals surface area contributed by atoms with Gasteiger partial charge in [0.1, 0.15) is 17.5 Å². The van der Waals surface area contributed by atoms with Crippen molar-refractivity contribution >= 4 is 21.6 Å². The van der Waals surface area contributed by atoms with Crippen molar-refractivity contribution in [2.45, 2.75) is 6.54 Å². The van der Waals surface area contributed by atoms with Crippen molar-refractivity contribution in [3.8, 4) is 0 Å². The van der Waals surface area contributed by atoms with Gasteiger partial charge in [0.05, 0.1) is 0 Å². The summed E-state index contributed by atoms with van der Waals surface area (Å²) >= 11 is 3.18. The molecule has 0 aromatic heterocycles. The summed E-state index contributed by atoms with van der Waals surface area (Å²) in [7, 11) is 0. The van der Waals surface area contributed by atoms with Gasteiger partial charge in [0.2, 0.25) is 0 Å². The Balaban J connectivity index is 2.13. The van der Waals surface area contributed by atoms with Gasteiger partial charge in [0.15, 0.2) is 0 Å². The van der Waals surface area contributed by atoms with Gasteiger partial charge in [-0.3, -0.25) is 0 Å². The minimum Gasteiger partial charge on any atom is -0.380 e. The van der Waals surface area contributed by atoms with E-state index in [1.165, 1.54) is 18.2 Å². The monoisotopic (exact) mass is 315 g/mol. The van der Waals surface area contributed by atoms with E-state index in [-0.39, 0.29) is 17.9 Å². The van der Waals surface area contributed by atoms with E-state index in [2.05, 4.69) is 21.2 Å². The molecule has 1 nitrogen and oxygen atoms in total. The Kier molecular flexibility index (Phi) is 3.91. The van der Waals surface area contributed by atoms with Crippen molar-refractivity contribution in [2.75, 3.05) is 5.32 Å². The average Bonchev–Trinajstić information content (AvgIpc) is 2.32. The van der Waals surface area contributed by atoms with E-state index in [1.807, 2.05) is 0 Å². The highest BCUT2D eigenvalue weighted by Gasteiger charge is 2.05. The largest absolute Gasteiger partial charge is 0.380 e. The predicted molar refractivity (Wildman–Crippen MR) is 67.8 cm³/mol. The summed E-state index contributed by atoms with van der Waals surface area (Å²) in [5.74, 6) is -1.35. The molecule has 0 fully saturated rings. The van der Waals surface area contributed by atoms with Gasteiger partial charge < -0.3 is 5.32 Å². The number of hydrogen-bond acceptors (Lipinski definition) is 1. The number of benzene rings is 2. The first-order valence-corrected chi connectivity index (χ1v) is 5.98. The van der Waals surface area contributed by atoms with E-state index < -0.39 is 11.6 Å². The molecule has 94 valence electrons. The van der Waals surface area contributed by atoms with Gasteiger partial charge in [-0.05, 0) is 52.3 Å². The SMILES string of the molecule is Fc1ccc(NCc2cc(F)ccc2F)c(Br)c1. The highest BCUT2D eigenvalue weighted by molar-refractivity contribution is 9.10. The first-order chi connectivity index (χ1) is 8.56. The first-order valence-electron chi connectivity index (χ1n) is 5.19. The molecule has 0 aliphatic rings. The molecule has 0 amide bonds. The quantitative estimate of drug-likeness (QED) is 0.880. The minimum absolute atomic E-state index is 0.119. The molecule has 0 aliphatic carbocycles. The fraction of sp³-hybridized carbons (Fsp3) is 0.0769. The highest BCUT2D eigenvalue weighted by Crippen LogP contribution is 2.24. The van der Waals surface area contributed by atoms with E-state index in [9.17, 15) is 13.2 Å². The molecule has 0 bridgehead atoms. The normalized spacial score (nSPS) is 10.4. The Hall–Kier alpha value is -1.49. The van der Waals surface area contributed by atoms with Crippen molar-refractivity contribution in [1.82, 2.24) is 0 Å². The molecule has 1 N–H and O–H groups in total. The second-order valence-corrected chi connectivity index (χ2v) is 4.57. The summed E-state index contributed by atoms with van der Waals surface area (Å²) in [5.41, 5.74) is 0.825. The van der Waals surface area contributed by atoms with Crippen molar-refractivity contribution in [3.05, 3.63) is 63.9 Å². The lowest BCUT2D eigenvalue weighted by Crippen LogP contribution is -2.03. The zero-order chi connectivity index (χ0) is 13.1. The Morgan fingerprint density at radius 2 is 1.61 bits per heavy atom. The Bertz CT molecular complexity index is 572. The number of rotatable bonds is 3. The van der Waals surface area contributed by atoms with Gasteiger partial charge in [0.25, 0.3) is 0 Å². The average molecular weight is 316 g/mol. The Morgan fingerprint density at radius 1 is 0.944 bits per heavy atom. The first kappa shape index (κ1) is 13.0. The molecule has 0 saturated heterocycles. The van der Waals surface area contributed by atoms with Crippen LogP contribution in [-0.4, -0.2) is 0 Å². The predicted octanol–water partition coefficient (Wildman–Crippen LogP) is 4.48. The fourth-order valence-corrected chi connectivity index (χ4v) is 1.99. The molecule has 2 rings (SSSR count). The van der Waals surface area contributed by atoms with Crippen LogP contribution in [0.4, 0.5) is 18.9 Å². The summed E-state index contributed by atoms with van der Waals surface area (Å²) in [5, 5.41) is 2.90. The second-order valence-electron chi connectivity index (χ2n) is 3.71. The van der Waals surface area contributed by atoms with Crippen LogP contribution in [0.5, 0.6) is 0 Å². The van der Waals surface area contributed by atoms with Gasteiger partial charge in [-0.15, -0.1) is 0 Å². The number of halogens is 4. The Labute approximate surface area is 111 Å². The zero-order valence-corrected chi connectivity index (χ0v) is 10.8. The molecule has 0 aliphatic heterocycles. The Morgan fingerprint density at radius 3 is 2.33 bits per heavy atom. The van der Waals surface area contributed by atoms with Crippen LogP contribution < -0.4 is 5.32 Å². The number of hydrogen-bond donors (Lipinski definition) is 1. The standard InChI is InChI=1S/C13H9BrF3N/c14-11-6-10(16)2-4-13(11)18-7-8-5-9(15)1-3-12(8)17/h1-6,18H,7H2. The lowest BCUT2D eigenvalue weighted by Gasteiger charge is -2.09. The summed E-state index contributed by atoms with van der Waals surface area (Å²) in [6.45, 7) is 0.119. The lowest BCUT2D eigenvalue weighted by molar-refractivity contribution is 0.587. The lowest BCUT2D eigenvalue weighted by atomic mass is 10.2. The van der Waals surface area contributed by atoms with Crippen LogP contribution in [0.2, 0.25) is 0 Å². The molecule has 2 aromatic rings.